The van der Waals surface area contributed by atoms with Crippen LogP contribution in [0.3, 0.4) is 0 Å². The number of hydrogen-bond acceptors (Lipinski definition) is 2. The number of hydrogen-bond donors (Lipinski definition) is 0. The van der Waals surface area contributed by atoms with Crippen LogP contribution in [0, 0.1) is 0 Å². The molecule has 2 aromatic carbocycles. The van der Waals surface area contributed by atoms with E-state index in [0.717, 1.165) is 21.4 Å². The second-order valence-corrected chi connectivity index (χ2v) is 4.00. The maximum Gasteiger partial charge on any atom is 0.241 e. The van der Waals surface area contributed by atoms with Gasteiger partial charge >= 0.3 is 0 Å². The monoisotopic (exact) mass is 190 g/mol. The lowest BCUT2D eigenvalue weighted by Crippen LogP contribution is -1.91. The van der Waals surface area contributed by atoms with Gasteiger partial charge in [-0.15, -0.1) is 0 Å². The van der Waals surface area contributed by atoms with Gasteiger partial charge in [0.2, 0.25) is 11.1 Å². The van der Waals surface area contributed by atoms with Gasteiger partial charge < -0.3 is 4.18 Å². The second kappa shape index (κ2) is 2.33. The Morgan fingerprint density at radius 1 is 1.08 bits per heavy atom. The molecule has 0 spiro atoms. The van der Waals surface area contributed by atoms with E-state index in [9.17, 15) is 4.21 Å². The second-order valence-electron chi connectivity index (χ2n) is 2.93. The van der Waals surface area contributed by atoms with Crippen molar-refractivity contribution in [1.82, 2.24) is 0 Å². The van der Waals surface area contributed by atoms with Crippen molar-refractivity contribution in [2.45, 2.75) is 4.90 Å². The van der Waals surface area contributed by atoms with Crippen LogP contribution in [-0.2, 0) is 11.1 Å². The molecule has 0 N–H and O–H groups in total. The van der Waals surface area contributed by atoms with Crippen molar-refractivity contribution in [3.05, 3.63) is 36.4 Å². The fourth-order valence-corrected chi connectivity index (χ4v) is 2.57. The van der Waals surface area contributed by atoms with E-state index >= 15 is 0 Å². The molecule has 0 radical (unpaired) electrons. The molecule has 0 fully saturated rings. The maximum absolute atomic E-state index is 11.4. The molecule has 1 atom stereocenters. The fraction of sp³-hybridized carbons (Fsp3) is 0. The average molecular weight is 190 g/mol. The molecule has 0 saturated heterocycles. The highest BCUT2D eigenvalue weighted by Crippen LogP contribution is 2.37. The molecule has 3 heteroatoms. The first-order valence-corrected chi connectivity index (χ1v) is 5.05. The lowest BCUT2D eigenvalue weighted by atomic mass is 10.1. The minimum atomic E-state index is -1.31. The lowest BCUT2D eigenvalue weighted by molar-refractivity contribution is 0.577. The normalized spacial score (nSPS) is 18.9. The van der Waals surface area contributed by atoms with Gasteiger partial charge in [0.15, 0.2) is 0 Å². The van der Waals surface area contributed by atoms with Gasteiger partial charge in [-0.05, 0) is 17.5 Å². The molecule has 1 aliphatic rings. The fourth-order valence-electron chi connectivity index (χ4n) is 1.61. The van der Waals surface area contributed by atoms with Crippen LogP contribution in [0.5, 0.6) is 5.75 Å². The van der Waals surface area contributed by atoms with Crippen LogP contribution in [0.15, 0.2) is 41.3 Å². The van der Waals surface area contributed by atoms with Crippen LogP contribution in [0.4, 0.5) is 0 Å². The van der Waals surface area contributed by atoms with E-state index in [-0.39, 0.29) is 0 Å². The van der Waals surface area contributed by atoms with Gasteiger partial charge in [0.1, 0.15) is 5.75 Å². The van der Waals surface area contributed by atoms with Crippen LogP contribution in [0.2, 0.25) is 0 Å². The van der Waals surface area contributed by atoms with Crippen LogP contribution in [0.25, 0.3) is 10.8 Å². The summed E-state index contributed by atoms with van der Waals surface area (Å²) >= 11 is -1.31. The van der Waals surface area contributed by atoms with Crippen LogP contribution < -0.4 is 4.18 Å². The van der Waals surface area contributed by atoms with Crippen LogP contribution in [-0.4, -0.2) is 4.21 Å². The van der Waals surface area contributed by atoms with Gasteiger partial charge in [0.05, 0.1) is 4.90 Å². The van der Waals surface area contributed by atoms with Crippen molar-refractivity contribution in [3.63, 3.8) is 0 Å². The largest absolute Gasteiger partial charge is 0.396 e. The Kier molecular flexibility index (Phi) is 1.27. The van der Waals surface area contributed by atoms with Gasteiger partial charge in [-0.2, -0.15) is 0 Å². The molecule has 2 nitrogen and oxygen atoms in total. The summed E-state index contributed by atoms with van der Waals surface area (Å²) in [5.41, 5.74) is 0. The Bertz CT molecular complexity index is 514. The molecule has 0 aliphatic carbocycles. The van der Waals surface area contributed by atoms with E-state index in [4.69, 9.17) is 4.18 Å². The lowest BCUT2D eigenvalue weighted by Gasteiger charge is -1.95. The third kappa shape index (κ3) is 0.848. The zero-order chi connectivity index (χ0) is 8.84. The van der Waals surface area contributed by atoms with Crippen molar-refractivity contribution in [2.75, 3.05) is 0 Å². The summed E-state index contributed by atoms with van der Waals surface area (Å²) in [4.78, 5) is 0.785. The Morgan fingerprint density at radius 3 is 2.69 bits per heavy atom. The standard InChI is InChI=1S/C10H6O2S/c11-13-9-6-2-4-7-3-1-5-8(12-13)10(7)9/h1-6H. The van der Waals surface area contributed by atoms with Gasteiger partial charge in [-0.3, -0.25) is 0 Å². The molecule has 0 bridgehead atoms. The maximum atomic E-state index is 11.4. The van der Waals surface area contributed by atoms with E-state index in [1.807, 2.05) is 36.4 Å². The van der Waals surface area contributed by atoms with Crippen molar-refractivity contribution in [1.29, 1.82) is 0 Å². The summed E-state index contributed by atoms with van der Waals surface area (Å²) in [5, 5.41) is 2.07. The molecule has 0 amide bonds. The summed E-state index contributed by atoms with van der Waals surface area (Å²) in [6.45, 7) is 0. The molecule has 0 aromatic heterocycles. The van der Waals surface area contributed by atoms with E-state index in [1.165, 1.54) is 0 Å². The van der Waals surface area contributed by atoms with Gasteiger partial charge in [0.25, 0.3) is 0 Å². The van der Waals surface area contributed by atoms with Crippen molar-refractivity contribution in [3.8, 4) is 5.75 Å². The Labute approximate surface area is 77.8 Å². The summed E-state index contributed by atoms with van der Waals surface area (Å²) < 4.78 is 16.6. The minimum absolute atomic E-state index is 0.728. The van der Waals surface area contributed by atoms with Crippen molar-refractivity contribution >= 4 is 21.9 Å². The third-order valence-corrected chi connectivity index (χ3v) is 3.20. The van der Waals surface area contributed by atoms with Crippen molar-refractivity contribution in [2.24, 2.45) is 0 Å². The highest BCUT2D eigenvalue weighted by Gasteiger charge is 2.21. The first kappa shape index (κ1) is 7.09. The summed E-state index contributed by atoms with van der Waals surface area (Å²) in [6.07, 6.45) is 0. The summed E-state index contributed by atoms with van der Waals surface area (Å²) in [7, 11) is 0. The van der Waals surface area contributed by atoms with E-state index in [0.29, 0.717) is 0 Å². The average Bonchev–Trinajstić information content (AvgIpc) is 2.47. The molecular formula is C10H6O2S. The summed E-state index contributed by atoms with van der Waals surface area (Å²) in [5.74, 6) is 0.728. The van der Waals surface area contributed by atoms with Crippen LogP contribution in [0.1, 0.15) is 0 Å². The number of rotatable bonds is 0. The molecule has 1 unspecified atom stereocenters. The van der Waals surface area contributed by atoms with E-state index in [1.54, 1.807) is 0 Å². The zero-order valence-electron chi connectivity index (χ0n) is 6.69. The SMILES string of the molecule is O=S1Oc2cccc3cccc1c23. The molecule has 0 saturated carbocycles. The highest BCUT2D eigenvalue weighted by atomic mass is 32.2. The molecule has 3 rings (SSSR count). The van der Waals surface area contributed by atoms with Crippen LogP contribution >= 0.6 is 0 Å². The predicted octanol–water partition coefficient (Wildman–Crippen LogP) is 2.25. The molecule has 1 aliphatic heterocycles. The molecular weight excluding hydrogens is 184 g/mol. The van der Waals surface area contributed by atoms with E-state index in [2.05, 4.69) is 0 Å². The predicted molar refractivity (Wildman–Crippen MR) is 51.0 cm³/mol. The Morgan fingerprint density at radius 2 is 1.85 bits per heavy atom. The smallest absolute Gasteiger partial charge is 0.241 e. The highest BCUT2D eigenvalue weighted by molar-refractivity contribution is 7.81. The van der Waals surface area contributed by atoms with E-state index < -0.39 is 11.1 Å². The molecule has 1 heterocycles. The Balaban J connectivity index is 2.58. The zero-order valence-corrected chi connectivity index (χ0v) is 7.51. The first-order valence-electron chi connectivity index (χ1n) is 3.98. The molecule has 64 valence electrons. The third-order valence-electron chi connectivity index (χ3n) is 2.17. The van der Waals surface area contributed by atoms with Gasteiger partial charge in [-0.25, -0.2) is 4.21 Å². The molecule has 2 aromatic rings. The molecule has 13 heavy (non-hydrogen) atoms. The quantitative estimate of drug-likeness (QED) is 0.637. The van der Waals surface area contributed by atoms with Gasteiger partial charge in [0, 0.05) is 5.39 Å². The summed E-state index contributed by atoms with van der Waals surface area (Å²) in [6, 6.07) is 11.5. The number of benzene rings is 2. The topological polar surface area (TPSA) is 26.3 Å². The first-order chi connectivity index (χ1) is 6.36. The van der Waals surface area contributed by atoms with Crippen molar-refractivity contribution < 1.29 is 8.39 Å². The Hall–Kier alpha value is -1.35. The minimum Gasteiger partial charge on any atom is -0.396 e. The van der Waals surface area contributed by atoms with Gasteiger partial charge in [-0.1, -0.05) is 24.3 Å².